The van der Waals surface area contributed by atoms with Crippen molar-refractivity contribution in [1.82, 2.24) is 10.2 Å². The Morgan fingerprint density at radius 2 is 1.77 bits per heavy atom. The summed E-state index contributed by atoms with van der Waals surface area (Å²) in [6.45, 7) is 0.682. The van der Waals surface area contributed by atoms with Gasteiger partial charge in [0.2, 0.25) is 0 Å². The van der Waals surface area contributed by atoms with Gasteiger partial charge in [-0.05, 0) is 47.7 Å². The van der Waals surface area contributed by atoms with Crippen LogP contribution in [0.2, 0.25) is 0 Å². The Morgan fingerprint density at radius 3 is 2.38 bits per heavy atom. The van der Waals surface area contributed by atoms with Crippen LogP contribution in [0.3, 0.4) is 0 Å². The third-order valence-corrected chi connectivity index (χ3v) is 6.29. The van der Waals surface area contributed by atoms with Gasteiger partial charge in [-0.3, -0.25) is 4.72 Å². The van der Waals surface area contributed by atoms with Crippen LogP contribution < -0.4 is 14.8 Å². The zero-order valence-corrected chi connectivity index (χ0v) is 15.7. The van der Waals surface area contributed by atoms with Crippen molar-refractivity contribution in [1.29, 1.82) is 0 Å². The van der Waals surface area contributed by atoms with Crippen LogP contribution in [0.4, 0.5) is 11.6 Å². The zero-order valence-electron chi connectivity index (χ0n) is 14.0. The Labute approximate surface area is 156 Å². The maximum atomic E-state index is 12.1. The van der Waals surface area contributed by atoms with Crippen molar-refractivity contribution >= 4 is 33.0 Å². The van der Waals surface area contributed by atoms with Crippen LogP contribution in [-0.2, 0) is 16.4 Å². The molecule has 0 aliphatic carbocycles. The maximum absolute atomic E-state index is 12.1. The van der Waals surface area contributed by atoms with E-state index in [-0.39, 0.29) is 10.0 Å². The lowest BCUT2D eigenvalue weighted by Gasteiger charge is -2.08. The molecule has 0 spiro atoms. The molecule has 0 amide bonds. The number of sulfonamides is 1. The first-order chi connectivity index (χ1) is 12.6. The second kappa shape index (κ2) is 8.15. The third-order valence-electron chi connectivity index (χ3n) is 3.54. The SMILES string of the molecule is COc1ccc(CCNc2ccc(NS(=O)(=O)c3cccs3)nn2)cc1. The summed E-state index contributed by atoms with van der Waals surface area (Å²) in [5.41, 5.74) is 1.17. The van der Waals surface area contributed by atoms with Crippen LogP contribution in [0.15, 0.2) is 58.1 Å². The van der Waals surface area contributed by atoms with Gasteiger partial charge in [-0.1, -0.05) is 18.2 Å². The summed E-state index contributed by atoms with van der Waals surface area (Å²) in [7, 11) is -1.97. The Morgan fingerprint density at radius 1 is 1.04 bits per heavy atom. The van der Waals surface area contributed by atoms with E-state index in [0.717, 1.165) is 23.5 Å². The van der Waals surface area contributed by atoms with Gasteiger partial charge in [0, 0.05) is 6.54 Å². The van der Waals surface area contributed by atoms with Crippen LogP contribution in [0.25, 0.3) is 0 Å². The fourth-order valence-electron chi connectivity index (χ4n) is 2.21. The van der Waals surface area contributed by atoms with E-state index < -0.39 is 10.0 Å². The van der Waals surface area contributed by atoms with Crippen molar-refractivity contribution in [2.75, 3.05) is 23.7 Å². The highest BCUT2D eigenvalue weighted by atomic mass is 32.2. The summed E-state index contributed by atoms with van der Waals surface area (Å²) >= 11 is 1.14. The van der Waals surface area contributed by atoms with Gasteiger partial charge >= 0.3 is 0 Å². The predicted octanol–water partition coefficient (Wildman–Crippen LogP) is 3.00. The van der Waals surface area contributed by atoms with Crippen LogP contribution >= 0.6 is 11.3 Å². The zero-order chi connectivity index (χ0) is 18.4. The van der Waals surface area contributed by atoms with Gasteiger partial charge in [0.15, 0.2) is 5.82 Å². The van der Waals surface area contributed by atoms with Gasteiger partial charge in [0.1, 0.15) is 15.8 Å². The van der Waals surface area contributed by atoms with E-state index in [1.807, 2.05) is 24.3 Å². The molecule has 0 aliphatic heterocycles. The minimum absolute atomic E-state index is 0.180. The number of benzene rings is 1. The van der Waals surface area contributed by atoms with Gasteiger partial charge in [-0.2, -0.15) is 0 Å². The lowest BCUT2D eigenvalue weighted by Crippen LogP contribution is -2.13. The molecule has 0 radical (unpaired) electrons. The molecule has 9 heteroatoms. The van der Waals surface area contributed by atoms with Gasteiger partial charge in [-0.15, -0.1) is 21.5 Å². The second-order valence-electron chi connectivity index (χ2n) is 5.37. The molecule has 136 valence electrons. The number of methoxy groups -OCH3 is 1. The summed E-state index contributed by atoms with van der Waals surface area (Å²) in [5.74, 6) is 1.59. The number of nitrogens with one attached hydrogen (secondary N) is 2. The summed E-state index contributed by atoms with van der Waals surface area (Å²) in [5, 5.41) is 12.8. The number of ether oxygens (including phenoxy) is 1. The lowest BCUT2D eigenvalue weighted by atomic mass is 10.1. The number of anilines is 2. The van der Waals surface area contributed by atoms with E-state index in [9.17, 15) is 8.42 Å². The molecule has 3 rings (SSSR count). The van der Waals surface area contributed by atoms with Crippen molar-refractivity contribution in [2.45, 2.75) is 10.6 Å². The Hall–Kier alpha value is -2.65. The van der Waals surface area contributed by atoms with Crippen molar-refractivity contribution in [3.8, 4) is 5.75 Å². The number of thiophene rings is 1. The molecule has 0 unspecified atom stereocenters. The van der Waals surface area contributed by atoms with E-state index in [4.69, 9.17) is 4.74 Å². The average molecular weight is 390 g/mol. The second-order valence-corrected chi connectivity index (χ2v) is 8.22. The normalized spacial score (nSPS) is 11.1. The van der Waals surface area contributed by atoms with Crippen molar-refractivity contribution in [2.24, 2.45) is 0 Å². The lowest BCUT2D eigenvalue weighted by molar-refractivity contribution is 0.414. The fraction of sp³-hybridized carbons (Fsp3) is 0.176. The molecule has 0 atom stereocenters. The van der Waals surface area contributed by atoms with Crippen LogP contribution in [0, 0.1) is 0 Å². The van der Waals surface area contributed by atoms with Gasteiger partial charge in [-0.25, -0.2) is 8.42 Å². The molecule has 7 nitrogen and oxygen atoms in total. The molecule has 3 aromatic rings. The first-order valence-corrected chi connectivity index (χ1v) is 10.2. The van der Waals surface area contributed by atoms with Crippen LogP contribution in [0.5, 0.6) is 5.75 Å². The third kappa shape index (κ3) is 4.70. The van der Waals surface area contributed by atoms with Gasteiger partial charge in [0.05, 0.1) is 7.11 Å². The molecule has 2 N–H and O–H groups in total. The topological polar surface area (TPSA) is 93.2 Å². The molecule has 0 fully saturated rings. The highest BCUT2D eigenvalue weighted by Crippen LogP contribution is 2.19. The number of hydrogen-bond donors (Lipinski definition) is 2. The molecular formula is C17H18N4O3S2. The molecule has 0 saturated carbocycles. The van der Waals surface area contributed by atoms with Crippen molar-refractivity contribution < 1.29 is 13.2 Å². The number of rotatable bonds is 8. The Balaban J connectivity index is 1.52. The van der Waals surface area contributed by atoms with Crippen LogP contribution in [0.1, 0.15) is 5.56 Å². The summed E-state index contributed by atoms with van der Waals surface area (Å²) in [6.07, 6.45) is 0.818. The quantitative estimate of drug-likeness (QED) is 0.614. The fourth-order valence-corrected chi connectivity index (χ4v) is 4.20. The van der Waals surface area contributed by atoms with Crippen LogP contribution in [-0.4, -0.2) is 32.3 Å². The molecule has 26 heavy (non-hydrogen) atoms. The number of aromatic nitrogens is 2. The number of hydrogen-bond acceptors (Lipinski definition) is 7. The minimum atomic E-state index is -3.61. The van der Waals surface area contributed by atoms with E-state index in [1.54, 1.807) is 30.7 Å². The highest BCUT2D eigenvalue weighted by molar-refractivity contribution is 7.94. The summed E-state index contributed by atoms with van der Waals surface area (Å²) in [6, 6.07) is 14.3. The molecule has 0 bridgehead atoms. The first-order valence-electron chi connectivity index (χ1n) is 7.84. The largest absolute Gasteiger partial charge is 0.497 e. The number of nitrogens with zero attached hydrogens (tertiary/aromatic N) is 2. The van der Waals surface area contributed by atoms with E-state index in [2.05, 4.69) is 20.2 Å². The van der Waals surface area contributed by atoms with Gasteiger partial charge < -0.3 is 10.1 Å². The van der Waals surface area contributed by atoms with Crippen molar-refractivity contribution in [3.05, 3.63) is 59.5 Å². The van der Waals surface area contributed by atoms with Crippen molar-refractivity contribution in [3.63, 3.8) is 0 Å². The maximum Gasteiger partial charge on any atom is 0.272 e. The first kappa shape index (κ1) is 18.2. The summed E-state index contributed by atoms with van der Waals surface area (Å²) < 4.78 is 32.0. The Bertz CT molecular complexity index is 925. The van der Waals surface area contributed by atoms with E-state index in [1.165, 1.54) is 11.6 Å². The Kier molecular flexibility index (Phi) is 5.69. The molecule has 0 aliphatic rings. The minimum Gasteiger partial charge on any atom is -0.497 e. The van der Waals surface area contributed by atoms with Gasteiger partial charge in [0.25, 0.3) is 10.0 Å². The summed E-state index contributed by atoms with van der Waals surface area (Å²) in [4.78, 5) is 0. The van der Waals surface area contributed by atoms with E-state index >= 15 is 0 Å². The van der Waals surface area contributed by atoms with E-state index in [0.29, 0.717) is 12.4 Å². The molecule has 2 heterocycles. The standard InChI is InChI=1S/C17H18N4O3S2/c1-24-14-6-4-13(5-7-14)10-11-18-15-8-9-16(20-19-15)21-26(22,23)17-3-2-12-25-17/h2-9,12H,10-11H2,1H3,(H,18,19)(H,20,21). The smallest absolute Gasteiger partial charge is 0.272 e. The monoisotopic (exact) mass is 390 g/mol. The highest BCUT2D eigenvalue weighted by Gasteiger charge is 2.15. The molecule has 0 saturated heterocycles. The average Bonchev–Trinajstić information content (AvgIpc) is 3.19. The predicted molar refractivity (Wildman–Crippen MR) is 102 cm³/mol. The molecular weight excluding hydrogens is 372 g/mol. The molecule has 2 aromatic heterocycles. The molecule has 1 aromatic carbocycles.